The molecule has 0 fully saturated rings. The molecule has 0 saturated carbocycles. The van der Waals surface area contributed by atoms with Gasteiger partial charge in [0.1, 0.15) is 12.4 Å². The molecule has 1 atom stereocenters. The maximum atomic E-state index is 12.2. The first-order chi connectivity index (χ1) is 12.5. The van der Waals surface area contributed by atoms with Gasteiger partial charge in [-0.1, -0.05) is 24.3 Å². The predicted octanol–water partition coefficient (Wildman–Crippen LogP) is 2.60. The first-order valence-corrected chi connectivity index (χ1v) is 8.32. The van der Waals surface area contributed by atoms with Gasteiger partial charge in [0.15, 0.2) is 6.10 Å². The first kappa shape index (κ1) is 17.7. The standard InChI is InChI=1S/C20H19NO5/c1-13-6-5-7-15(12-13)26-14(2)20(24)25-11-10-21-18(22)16-8-3-4-9-17(16)19(21)23/h3-9,12,14H,10-11H2,1-2H3/t14-/m1/s1. The lowest BCUT2D eigenvalue weighted by atomic mass is 10.1. The number of amides is 2. The van der Waals surface area contributed by atoms with Gasteiger partial charge in [-0.2, -0.15) is 0 Å². The smallest absolute Gasteiger partial charge is 0.347 e. The number of carbonyl (C=O) groups is 3. The van der Waals surface area contributed by atoms with Crippen LogP contribution in [0.15, 0.2) is 48.5 Å². The highest BCUT2D eigenvalue weighted by Crippen LogP contribution is 2.22. The van der Waals surface area contributed by atoms with Crippen molar-refractivity contribution in [3.05, 3.63) is 65.2 Å². The van der Waals surface area contributed by atoms with Crippen molar-refractivity contribution in [3.8, 4) is 5.75 Å². The predicted molar refractivity (Wildman–Crippen MR) is 94.0 cm³/mol. The molecule has 0 aliphatic carbocycles. The van der Waals surface area contributed by atoms with Crippen LogP contribution in [0.5, 0.6) is 5.75 Å². The van der Waals surface area contributed by atoms with Gasteiger partial charge in [-0.15, -0.1) is 0 Å². The lowest BCUT2D eigenvalue weighted by molar-refractivity contribution is -0.151. The normalized spacial score (nSPS) is 14.2. The van der Waals surface area contributed by atoms with Crippen molar-refractivity contribution >= 4 is 17.8 Å². The Hall–Kier alpha value is -3.15. The molecule has 26 heavy (non-hydrogen) atoms. The Morgan fingerprint density at radius 1 is 1.04 bits per heavy atom. The van der Waals surface area contributed by atoms with Gasteiger partial charge < -0.3 is 9.47 Å². The largest absolute Gasteiger partial charge is 0.479 e. The quantitative estimate of drug-likeness (QED) is 0.590. The third-order valence-electron chi connectivity index (χ3n) is 4.07. The lowest BCUT2D eigenvalue weighted by Crippen LogP contribution is -2.35. The van der Waals surface area contributed by atoms with E-state index in [1.807, 2.05) is 25.1 Å². The fourth-order valence-corrected chi connectivity index (χ4v) is 2.74. The third-order valence-corrected chi connectivity index (χ3v) is 4.07. The van der Waals surface area contributed by atoms with Crippen LogP contribution in [0.3, 0.4) is 0 Å². The van der Waals surface area contributed by atoms with Crippen molar-refractivity contribution in [1.29, 1.82) is 0 Å². The Balaban J connectivity index is 1.51. The molecular formula is C20H19NO5. The highest BCUT2D eigenvalue weighted by Gasteiger charge is 2.34. The molecule has 0 aromatic heterocycles. The molecule has 6 heteroatoms. The molecule has 0 radical (unpaired) electrons. The minimum absolute atomic E-state index is 0.00918. The number of carbonyl (C=O) groups excluding carboxylic acids is 3. The van der Waals surface area contributed by atoms with Gasteiger partial charge in [-0.05, 0) is 43.7 Å². The number of aryl methyl sites for hydroxylation is 1. The van der Waals surface area contributed by atoms with Gasteiger partial charge in [0.25, 0.3) is 11.8 Å². The molecule has 3 rings (SSSR count). The van der Waals surface area contributed by atoms with Crippen LogP contribution in [0.4, 0.5) is 0 Å². The Labute approximate surface area is 151 Å². The highest BCUT2D eigenvalue weighted by molar-refractivity contribution is 6.21. The molecule has 0 N–H and O–H groups in total. The van der Waals surface area contributed by atoms with E-state index in [2.05, 4.69) is 0 Å². The molecule has 134 valence electrons. The summed E-state index contributed by atoms with van der Waals surface area (Å²) in [6, 6.07) is 14.0. The maximum absolute atomic E-state index is 12.2. The minimum atomic E-state index is -0.793. The summed E-state index contributed by atoms with van der Waals surface area (Å²) in [7, 11) is 0. The van der Waals surface area contributed by atoms with Crippen molar-refractivity contribution in [1.82, 2.24) is 4.90 Å². The molecular weight excluding hydrogens is 334 g/mol. The third kappa shape index (κ3) is 3.59. The Bertz CT molecular complexity index is 826. The summed E-state index contributed by atoms with van der Waals surface area (Å²) in [6.07, 6.45) is -0.793. The zero-order valence-electron chi connectivity index (χ0n) is 14.6. The van der Waals surface area contributed by atoms with Crippen LogP contribution in [0.2, 0.25) is 0 Å². The highest BCUT2D eigenvalue weighted by atomic mass is 16.6. The molecule has 1 aliphatic rings. The monoisotopic (exact) mass is 353 g/mol. The van der Waals surface area contributed by atoms with Gasteiger partial charge in [0.05, 0.1) is 17.7 Å². The summed E-state index contributed by atoms with van der Waals surface area (Å²) in [4.78, 5) is 37.6. The summed E-state index contributed by atoms with van der Waals surface area (Å²) in [5.41, 5.74) is 1.77. The van der Waals surface area contributed by atoms with Gasteiger partial charge >= 0.3 is 5.97 Å². The average molecular weight is 353 g/mol. The van der Waals surface area contributed by atoms with Crippen molar-refractivity contribution < 1.29 is 23.9 Å². The molecule has 0 saturated heterocycles. The topological polar surface area (TPSA) is 72.9 Å². The van der Waals surface area contributed by atoms with E-state index in [-0.39, 0.29) is 25.0 Å². The second-order valence-electron chi connectivity index (χ2n) is 6.05. The van der Waals surface area contributed by atoms with Crippen LogP contribution in [0.1, 0.15) is 33.2 Å². The lowest BCUT2D eigenvalue weighted by Gasteiger charge is -2.16. The van der Waals surface area contributed by atoms with E-state index >= 15 is 0 Å². The van der Waals surface area contributed by atoms with Crippen molar-refractivity contribution in [3.63, 3.8) is 0 Å². The number of benzene rings is 2. The number of rotatable bonds is 6. The average Bonchev–Trinajstić information content (AvgIpc) is 2.87. The summed E-state index contributed by atoms with van der Waals surface area (Å²) >= 11 is 0. The maximum Gasteiger partial charge on any atom is 0.347 e. The molecule has 2 amide bonds. The van der Waals surface area contributed by atoms with Gasteiger partial charge in [-0.3, -0.25) is 14.5 Å². The molecule has 0 unspecified atom stereocenters. The number of imide groups is 1. The van der Waals surface area contributed by atoms with E-state index in [1.54, 1.807) is 37.3 Å². The molecule has 2 aromatic rings. The number of ether oxygens (including phenoxy) is 2. The fourth-order valence-electron chi connectivity index (χ4n) is 2.74. The first-order valence-electron chi connectivity index (χ1n) is 8.32. The molecule has 0 bridgehead atoms. The Kier molecular flexibility index (Phi) is 5.02. The SMILES string of the molecule is Cc1cccc(O[C@H](C)C(=O)OCCN2C(=O)c3ccccc3C2=O)c1. The van der Waals surface area contributed by atoms with Crippen LogP contribution in [0.25, 0.3) is 0 Å². The van der Waals surface area contributed by atoms with Crippen LogP contribution in [-0.2, 0) is 9.53 Å². The molecule has 1 aliphatic heterocycles. The van der Waals surface area contributed by atoms with E-state index in [9.17, 15) is 14.4 Å². The van der Waals surface area contributed by atoms with E-state index in [0.29, 0.717) is 16.9 Å². The number of fused-ring (bicyclic) bond motifs is 1. The summed E-state index contributed by atoms with van der Waals surface area (Å²) in [5.74, 6) is -0.714. The van der Waals surface area contributed by atoms with E-state index in [1.165, 1.54) is 0 Å². The molecule has 2 aromatic carbocycles. The summed E-state index contributed by atoms with van der Waals surface area (Å²) in [6.45, 7) is 3.45. The minimum Gasteiger partial charge on any atom is -0.479 e. The zero-order chi connectivity index (χ0) is 18.7. The van der Waals surface area contributed by atoms with Crippen LogP contribution in [-0.4, -0.2) is 41.9 Å². The number of esters is 1. The second-order valence-corrected chi connectivity index (χ2v) is 6.05. The Morgan fingerprint density at radius 3 is 2.31 bits per heavy atom. The van der Waals surface area contributed by atoms with Crippen LogP contribution in [0, 0.1) is 6.92 Å². The Morgan fingerprint density at radius 2 is 1.69 bits per heavy atom. The van der Waals surface area contributed by atoms with Crippen molar-refractivity contribution in [2.75, 3.05) is 13.2 Å². The van der Waals surface area contributed by atoms with Crippen molar-refractivity contribution in [2.45, 2.75) is 20.0 Å². The van der Waals surface area contributed by atoms with E-state index in [4.69, 9.17) is 9.47 Å². The van der Waals surface area contributed by atoms with E-state index < -0.39 is 12.1 Å². The van der Waals surface area contributed by atoms with Crippen molar-refractivity contribution in [2.24, 2.45) is 0 Å². The van der Waals surface area contributed by atoms with Crippen LogP contribution < -0.4 is 4.74 Å². The second kappa shape index (κ2) is 7.39. The van der Waals surface area contributed by atoms with Gasteiger partial charge in [0.2, 0.25) is 0 Å². The fraction of sp³-hybridized carbons (Fsp3) is 0.250. The molecule has 0 spiro atoms. The van der Waals surface area contributed by atoms with Gasteiger partial charge in [-0.25, -0.2) is 4.79 Å². The number of hydrogen-bond acceptors (Lipinski definition) is 5. The summed E-state index contributed by atoms with van der Waals surface area (Å²) < 4.78 is 10.7. The zero-order valence-corrected chi connectivity index (χ0v) is 14.6. The molecule has 1 heterocycles. The van der Waals surface area contributed by atoms with Crippen LogP contribution >= 0.6 is 0 Å². The van der Waals surface area contributed by atoms with E-state index in [0.717, 1.165) is 10.5 Å². The number of hydrogen-bond donors (Lipinski definition) is 0. The van der Waals surface area contributed by atoms with Gasteiger partial charge in [0, 0.05) is 0 Å². The number of nitrogens with zero attached hydrogens (tertiary/aromatic N) is 1. The molecule has 6 nitrogen and oxygen atoms in total. The summed E-state index contributed by atoms with van der Waals surface area (Å²) in [5, 5.41) is 0.